The number of carbonyl (C=O) groups is 2. The standard InChI is InChI=1S/C17H17N3O3/c1-2-16(22)19-14-8-6-13(7-9-14)17(23)20-18-11-12-4-3-5-15(21)10-12/h3-11,21H,2H2,1H3,(H,19,22)(H,20,23)/b18-11-. The lowest BCUT2D eigenvalue weighted by Crippen LogP contribution is -2.17. The first-order valence-electron chi connectivity index (χ1n) is 7.11. The Balaban J connectivity index is 1.94. The number of rotatable bonds is 5. The normalized spacial score (nSPS) is 10.5. The van der Waals surface area contributed by atoms with Gasteiger partial charge in [-0.2, -0.15) is 5.10 Å². The maximum absolute atomic E-state index is 11.9. The smallest absolute Gasteiger partial charge is 0.271 e. The number of nitrogens with zero attached hydrogens (tertiary/aromatic N) is 1. The molecule has 0 aromatic heterocycles. The molecule has 0 aliphatic heterocycles. The van der Waals surface area contributed by atoms with E-state index in [1.54, 1.807) is 49.4 Å². The highest BCUT2D eigenvalue weighted by Crippen LogP contribution is 2.10. The monoisotopic (exact) mass is 311 g/mol. The Morgan fingerprint density at radius 3 is 2.57 bits per heavy atom. The molecule has 6 heteroatoms. The number of phenolic OH excluding ortho intramolecular Hbond substituents is 1. The number of hydrogen-bond acceptors (Lipinski definition) is 4. The summed E-state index contributed by atoms with van der Waals surface area (Å²) in [4.78, 5) is 23.2. The fourth-order valence-electron chi connectivity index (χ4n) is 1.79. The number of hydrogen-bond donors (Lipinski definition) is 3. The van der Waals surface area contributed by atoms with Gasteiger partial charge in [0.2, 0.25) is 5.91 Å². The lowest BCUT2D eigenvalue weighted by atomic mass is 10.2. The second-order valence-corrected chi connectivity index (χ2v) is 4.77. The lowest BCUT2D eigenvalue weighted by Gasteiger charge is -2.04. The van der Waals surface area contributed by atoms with Crippen LogP contribution in [0.25, 0.3) is 0 Å². The average Bonchev–Trinajstić information content (AvgIpc) is 2.55. The number of aromatic hydroxyl groups is 1. The summed E-state index contributed by atoms with van der Waals surface area (Å²) in [5, 5.41) is 15.9. The van der Waals surface area contributed by atoms with Crippen molar-refractivity contribution in [2.45, 2.75) is 13.3 Å². The van der Waals surface area contributed by atoms with Gasteiger partial charge in [-0.1, -0.05) is 19.1 Å². The lowest BCUT2D eigenvalue weighted by molar-refractivity contribution is -0.115. The van der Waals surface area contributed by atoms with E-state index in [-0.39, 0.29) is 17.6 Å². The Labute approximate surface area is 133 Å². The third-order valence-electron chi connectivity index (χ3n) is 3.00. The van der Waals surface area contributed by atoms with Gasteiger partial charge in [0.15, 0.2) is 0 Å². The van der Waals surface area contributed by atoms with Gasteiger partial charge >= 0.3 is 0 Å². The largest absolute Gasteiger partial charge is 0.508 e. The van der Waals surface area contributed by atoms with Crippen LogP contribution in [0.5, 0.6) is 5.75 Å². The van der Waals surface area contributed by atoms with Crippen LogP contribution < -0.4 is 10.7 Å². The van der Waals surface area contributed by atoms with Crippen molar-refractivity contribution in [3.8, 4) is 5.75 Å². The molecule has 0 aliphatic rings. The first kappa shape index (κ1) is 16.2. The first-order valence-corrected chi connectivity index (χ1v) is 7.11. The fourth-order valence-corrected chi connectivity index (χ4v) is 1.79. The second kappa shape index (κ2) is 7.74. The van der Waals surface area contributed by atoms with E-state index in [0.717, 1.165) is 0 Å². The molecule has 0 atom stereocenters. The van der Waals surface area contributed by atoms with Crippen molar-refractivity contribution in [1.82, 2.24) is 5.43 Å². The highest BCUT2D eigenvalue weighted by atomic mass is 16.3. The van der Waals surface area contributed by atoms with Crippen LogP contribution in [0.4, 0.5) is 5.69 Å². The molecule has 23 heavy (non-hydrogen) atoms. The van der Waals surface area contributed by atoms with E-state index in [9.17, 15) is 14.7 Å². The predicted molar refractivity (Wildman–Crippen MR) is 88.5 cm³/mol. The van der Waals surface area contributed by atoms with Crippen molar-refractivity contribution in [2.24, 2.45) is 5.10 Å². The van der Waals surface area contributed by atoms with Crippen LogP contribution in [0.2, 0.25) is 0 Å². The van der Waals surface area contributed by atoms with Gasteiger partial charge in [0.1, 0.15) is 5.75 Å². The molecular weight excluding hydrogens is 294 g/mol. The summed E-state index contributed by atoms with van der Waals surface area (Å²) in [7, 11) is 0. The second-order valence-electron chi connectivity index (χ2n) is 4.77. The van der Waals surface area contributed by atoms with E-state index in [1.165, 1.54) is 12.3 Å². The van der Waals surface area contributed by atoms with Crippen LogP contribution in [0.3, 0.4) is 0 Å². The highest BCUT2D eigenvalue weighted by molar-refractivity contribution is 5.96. The summed E-state index contributed by atoms with van der Waals surface area (Å²) in [6.45, 7) is 1.77. The van der Waals surface area contributed by atoms with Gasteiger partial charge in [0.05, 0.1) is 6.21 Å². The highest BCUT2D eigenvalue weighted by Gasteiger charge is 2.05. The Hall–Kier alpha value is -3.15. The van der Waals surface area contributed by atoms with Crippen molar-refractivity contribution >= 4 is 23.7 Å². The fraction of sp³-hybridized carbons (Fsp3) is 0.118. The number of nitrogens with one attached hydrogen (secondary N) is 2. The topological polar surface area (TPSA) is 90.8 Å². The quantitative estimate of drug-likeness (QED) is 0.585. The van der Waals surface area contributed by atoms with Crippen LogP contribution >= 0.6 is 0 Å². The first-order chi connectivity index (χ1) is 11.1. The summed E-state index contributed by atoms with van der Waals surface area (Å²) < 4.78 is 0. The van der Waals surface area contributed by atoms with Crippen LogP contribution in [0, 0.1) is 0 Å². The van der Waals surface area contributed by atoms with Gasteiger partial charge in [-0.25, -0.2) is 5.43 Å². The minimum absolute atomic E-state index is 0.0853. The van der Waals surface area contributed by atoms with Gasteiger partial charge in [-0.05, 0) is 42.0 Å². The zero-order chi connectivity index (χ0) is 16.7. The number of hydrazone groups is 1. The molecule has 2 rings (SSSR count). The molecule has 3 N–H and O–H groups in total. The van der Waals surface area contributed by atoms with Crippen molar-refractivity contribution in [2.75, 3.05) is 5.32 Å². The van der Waals surface area contributed by atoms with Crippen LogP contribution in [-0.2, 0) is 4.79 Å². The van der Waals surface area contributed by atoms with Gasteiger partial charge in [0, 0.05) is 17.7 Å². The van der Waals surface area contributed by atoms with Gasteiger partial charge < -0.3 is 10.4 Å². The zero-order valence-electron chi connectivity index (χ0n) is 12.6. The van der Waals surface area contributed by atoms with E-state index in [1.807, 2.05) is 0 Å². The SMILES string of the molecule is CCC(=O)Nc1ccc(C(=O)N/N=C\c2cccc(O)c2)cc1. The van der Waals surface area contributed by atoms with Crippen molar-refractivity contribution in [3.63, 3.8) is 0 Å². The number of anilines is 1. The third kappa shape index (κ3) is 4.96. The van der Waals surface area contributed by atoms with Crippen molar-refractivity contribution in [1.29, 1.82) is 0 Å². The summed E-state index contributed by atoms with van der Waals surface area (Å²) in [6.07, 6.45) is 1.83. The summed E-state index contributed by atoms with van der Waals surface area (Å²) in [5.74, 6) is -0.322. The Morgan fingerprint density at radius 1 is 1.17 bits per heavy atom. The molecule has 2 aromatic rings. The Morgan fingerprint density at radius 2 is 1.91 bits per heavy atom. The summed E-state index contributed by atoms with van der Waals surface area (Å²) >= 11 is 0. The molecule has 0 spiro atoms. The molecule has 118 valence electrons. The van der Waals surface area contributed by atoms with Gasteiger partial charge in [-0.15, -0.1) is 0 Å². The molecular formula is C17H17N3O3. The van der Waals surface area contributed by atoms with Crippen molar-refractivity contribution in [3.05, 3.63) is 59.7 Å². The molecule has 0 heterocycles. The van der Waals surface area contributed by atoms with E-state index >= 15 is 0 Å². The maximum atomic E-state index is 11.9. The van der Waals surface area contributed by atoms with E-state index in [2.05, 4.69) is 15.8 Å². The molecule has 0 saturated heterocycles. The third-order valence-corrected chi connectivity index (χ3v) is 3.00. The van der Waals surface area contributed by atoms with Crippen LogP contribution in [-0.4, -0.2) is 23.1 Å². The number of phenols is 1. The number of amides is 2. The van der Waals surface area contributed by atoms with Crippen LogP contribution in [0.1, 0.15) is 29.3 Å². The summed E-state index contributed by atoms with van der Waals surface area (Å²) in [6, 6.07) is 13.0. The molecule has 0 fully saturated rings. The van der Waals surface area contributed by atoms with Gasteiger partial charge in [-0.3, -0.25) is 9.59 Å². The molecule has 0 unspecified atom stereocenters. The molecule has 0 saturated carbocycles. The predicted octanol–water partition coefficient (Wildman–Crippen LogP) is 2.50. The minimum Gasteiger partial charge on any atom is -0.508 e. The average molecular weight is 311 g/mol. The molecule has 0 aliphatic carbocycles. The Bertz CT molecular complexity index is 724. The zero-order valence-corrected chi connectivity index (χ0v) is 12.6. The van der Waals surface area contributed by atoms with Gasteiger partial charge in [0.25, 0.3) is 5.91 Å². The summed E-state index contributed by atoms with van der Waals surface area (Å²) in [5.41, 5.74) is 4.13. The van der Waals surface area contributed by atoms with E-state index < -0.39 is 0 Å². The van der Waals surface area contributed by atoms with Crippen LogP contribution in [0.15, 0.2) is 53.6 Å². The molecule has 6 nitrogen and oxygen atoms in total. The number of carbonyl (C=O) groups excluding carboxylic acids is 2. The molecule has 0 radical (unpaired) electrons. The minimum atomic E-state index is -0.366. The molecule has 0 bridgehead atoms. The van der Waals surface area contributed by atoms with Crippen molar-refractivity contribution < 1.29 is 14.7 Å². The maximum Gasteiger partial charge on any atom is 0.271 e. The Kier molecular flexibility index (Phi) is 5.46. The van der Waals surface area contributed by atoms with E-state index in [0.29, 0.717) is 23.2 Å². The number of benzene rings is 2. The van der Waals surface area contributed by atoms with E-state index in [4.69, 9.17) is 0 Å². The molecule has 2 amide bonds. The molecule has 2 aromatic carbocycles.